The molecule has 0 aliphatic heterocycles. The van der Waals surface area contributed by atoms with Gasteiger partial charge in [-0.1, -0.05) is 13.0 Å². The summed E-state index contributed by atoms with van der Waals surface area (Å²) in [4.78, 5) is 10.6. The monoisotopic (exact) mass is 194 g/mol. The van der Waals surface area contributed by atoms with Crippen LogP contribution >= 0.6 is 0 Å². The third-order valence-electron chi connectivity index (χ3n) is 2.18. The van der Waals surface area contributed by atoms with E-state index in [1.807, 2.05) is 6.08 Å². The normalized spacial score (nSPS) is 14.0. The Kier molecular flexibility index (Phi) is 6.47. The van der Waals surface area contributed by atoms with E-state index in [0.29, 0.717) is 5.92 Å². The molecular formula is C11H18N2O. The lowest BCUT2D eigenvalue weighted by Crippen LogP contribution is -2.17. The Morgan fingerprint density at radius 1 is 1.71 bits per heavy atom. The summed E-state index contributed by atoms with van der Waals surface area (Å²) in [6.45, 7) is 5.72. The summed E-state index contributed by atoms with van der Waals surface area (Å²) < 4.78 is 0. The summed E-state index contributed by atoms with van der Waals surface area (Å²) in [5.74, 6) is -0.184. The van der Waals surface area contributed by atoms with E-state index in [1.165, 1.54) is 0 Å². The Balaban J connectivity index is 3.86. The fourth-order valence-corrected chi connectivity index (χ4v) is 1.43. The standard InChI is InChI=1S/C11H18N2O/c1-3-4-5-9(2)6-10(8-12)7-11(13)14/h3,9-10H,1,4-7H2,2H3,(H2,13,14)/t9?,10-/m1/s1. The van der Waals surface area contributed by atoms with Crippen molar-refractivity contribution in [2.24, 2.45) is 17.6 Å². The van der Waals surface area contributed by atoms with Gasteiger partial charge < -0.3 is 5.73 Å². The van der Waals surface area contributed by atoms with Crippen molar-refractivity contribution in [3.8, 4) is 6.07 Å². The molecule has 0 fully saturated rings. The minimum atomic E-state index is -0.396. The van der Waals surface area contributed by atoms with Gasteiger partial charge in [0, 0.05) is 6.42 Å². The van der Waals surface area contributed by atoms with E-state index in [9.17, 15) is 4.79 Å². The van der Waals surface area contributed by atoms with Crippen LogP contribution in [0.3, 0.4) is 0 Å². The number of nitriles is 1. The summed E-state index contributed by atoms with van der Waals surface area (Å²) in [6.07, 6.45) is 4.75. The van der Waals surface area contributed by atoms with E-state index in [-0.39, 0.29) is 12.3 Å². The number of rotatable bonds is 7. The molecule has 0 aliphatic carbocycles. The lowest BCUT2D eigenvalue weighted by molar-refractivity contribution is -0.118. The predicted molar refractivity (Wildman–Crippen MR) is 56.1 cm³/mol. The lowest BCUT2D eigenvalue weighted by Gasteiger charge is -2.13. The molecule has 2 N–H and O–H groups in total. The maximum absolute atomic E-state index is 10.6. The fourth-order valence-electron chi connectivity index (χ4n) is 1.43. The van der Waals surface area contributed by atoms with Crippen LogP contribution in [0.15, 0.2) is 12.7 Å². The molecule has 1 amide bonds. The molecule has 0 aromatic carbocycles. The molecule has 0 heterocycles. The summed E-state index contributed by atoms with van der Waals surface area (Å²) in [7, 11) is 0. The minimum Gasteiger partial charge on any atom is -0.370 e. The van der Waals surface area contributed by atoms with Crippen molar-refractivity contribution in [1.29, 1.82) is 5.26 Å². The van der Waals surface area contributed by atoms with Gasteiger partial charge in [0.05, 0.1) is 12.0 Å². The molecule has 14 heavy (non-hydrogen) atoms. The van der Waals surface area contributed by atoms with Gasteiger partial charge in [-0.25, -0.2) is 0 Å². The summed E-state index contributed by atoms with van der Waals surface area (Å²) in [5.41, 5.74) is 5.04. The second-order valence-corrected chi connectivity index (χ2v) is 3.70. The van der Waals surface area contributed by atoms with Crippen molar-refractivity contribution in [2.75, 3.05) is 0 Å². The number of nitrogens with zero attached hydrogens (tertiary/aromatic N) is 1. The number of primary amides is 1. The van der Waals surface area contributed by atoms with Crippen LogP contribution in [-0.4, -0.2) is 5.91 Å². The third kappa shape index (κ3) is 6.24. The van der Waals surface area contributed by atoms with Crippen molar-refractivity contribution in [3.05, 3.63) is 12.7 Å². The van der Waals surface area contributed by atoms with E-state index in [2.05, 4.69) is 19.6 Å². The molecule has 3 nitrogen and oxygen atoms in total. The number of nitrogens with two attached hydrogens (primary N) is 1. The van der Waals surface area contributed by atoms with Crippen LogP contribution in [0.4, 0.5) is 0 Å². The first-order valence-corrected chi connectivity index (χ1v) is 4.89. The quantitative estimate of drug-likeness (QED) is 0.630. The van der Waals surface area contributed by atoms with Gasteiger partial charge in [-0.05, 0) is 25.2 Å². The maximum Gasteiger partial charge on any atom is 0.218 e. The zero-order valence-corrected chi connectivity index (χ0v) is 8.70. The highest BCUT2D eigenvalue weighted by Gasteiger charge is 2.14. The van der Waals surface area contributed by atoms with Gasteiger partial charge in [0.25, 0.3) is 0 Å². The Morgan fingerprint density at radius 3 is 2.79 bits per heavy atom. The van der Waals surface area contributed by atoms with Gasteiger partial charge >= 0.3 is 0 Å². The van der Waals surface area contributed by atoms with Crippen LogP contribution in [0.25, 0.3) is 0 Å². The third-order valence-corrected chi connectivity index (χ3v) is 2.18. The number of hydrogen-bond donors (Lipinski definition) is 1. The second kappa shape index (κ2) is 7.14. The average Bonchev–Trinajstić information content (AvgIpc) is 2.12. The predicted octanol–water partition coefficient (Wildman–Crippen LogP) is 1.99. The van der Waals surface area contributed by atoms with Crippen molar-refractivity contribution in [2.45, 2.75) is 32.6 Å². The molecule has 0 spiro atoms. The van der Waals surface area contributed by atoms with Crippen LogP contribution in [-0.2, 0) is 4.79 Å². The summed E-state index contributed by atoms with van der Waals surface area (Å²) >= 11 is 0. The van der Waals surface area contributed by atoms with E-state index in [1.54, 1.807) is 0 Å². The minimum absolute atomic E-state index is 0.176. The molecule has 1 unspecified atom stereocenters. The van der Waals surface area contributed by atoms with Crippen molar-refractivity contribution >= 4 is 5.91 Å². The first-order chi connectivity index (χ1) is 6.60. The van der Waals surface area contributed by atoms with Crippen LogP contribution in [0, 0.1) is 23.2 Å². The smallest absolute Gasteiger partial charge is 0.218 e. The van der Waals surface area contributed by atoms with Crippen molar-refractivity contribution in [3.63, 3.8) is 0 Å². The zero-order chi connectivity index (χ0) is 11.0. The second-order valence-electron chi connectivity index (χ2n) is 3.70. The number of hydrogen-bond acceptors (Lipinski definition) is 2. The Morgan fingerprint density at radius 2 is 2.36 bits per heavy atom. The van der Waals surface area contributed by atoms with Gasteiger partial charge in [-0.2, -0.15) is 5.26 Å². The SMILES string of the molecule is C=CCCC(C)C[C@@H](C#N)CC(N)=O. The summed E-state index contributed by atoms with van der Waals surface area (Å²) in [5, 5.41) is 8.77. The van der Waals surface area contributed by atoms with Crippen LogP contribution in [0.5, 0.6) is 0 Å². The van der Waals surface area contributed by atoms with E-state index < -0.39 is 5.91 Å². The van der Waals surface area contributed by atoms with Crippen LogP contribution in [0.1, 0.15) is 32.6 Å². The zero-order valence-electron chi connectivity index (χ0n) is 8.70. The molecule has 0 saturated carbocycles. The van der Waals surface area contributed by atoms with Gasteiger partial charge in [-0.15, -0.1) is 6.58 Å². The number of amides is 1. The van der Waals surface area contributed by atoms with Gasteiger partial charge in [0.15, 0.2) is 0 Å². The Bertz CT molecular complexity index is 230. The van der Waals surface area contributed by atoms with Crippen LogP contribution < -0.4 is 5.73 Å². The molecule has 0 aromatic rings. The van der Waals surface area contributed by atoms with Gasteiger partial charge in [0.2, 0.25) is 5.91 Å². The highest BCUT2D eigenvalue weighted by molar-refractivity contribution is 5.74. The number of allylic oxidation sites excluding steroid dienone is 1. The maximum atomic E-state index is 10.6. The van der Waals surface area contributed by atoms with E-state index >= 15 is 0 Å². The molecule has 0 saturated heterocycles. The van der Waals surface area contributed by atoms with E-state index in [0.717, 1.165) is 19.3 Å². The molecule has 0 bridgehead atoms. The first-order valence-electron chi connectivity index (χ1n) is 4.89. The molecule has 0 radical (unpaired) electrons. The molecule has 0 aliphatic rings. The molecule has 2 atom stereocenters. The molecule has 0 aromatic heterocycles. The van der Waals surface area contributed by atoms with E-state index in [4.69, 9.17) is 11.0 Å². The average molecular weight is 194 g/mol. The number of carbonyl (C=O) groups is 1. The Hall–Kier alpha value is -1.30. The molecular weight excluding hydrogens is 176 g/mol. The molecule has 78 valence electrons. The highest BCUT2D eigenvalue weighted by atomic mass is 16.1. The lowest BCUT2D eigenvalue weighted by atomic mass is 9.91. The largest absolute Gasteiger partial charge is 0.370 e. The topological polar surface area (TPSA) is 66.9 Å². The fraction of sp³-hybridized carbons (Fsp3) is 0.636. The molecule has 3 heteroatoms. The molecule has 0 rings (SSSR count). The number of carbonyl (C=O) groups excluding carboxylic acids is 1. The van der Waals surface area contributed by atoms with Crippen LogP contribution in [0.2, 0.25) is 0 Å². The van der Waals surface area contributed by atoms with Crippen molar-refractivity contribution in [1.82, 2.24) is 0 Å². The summed E-state index contributed by atoms with van der Waals surface area (Å²) in [6, 6.07) is 2.11. The Labute approximate surface area is 85.6 Å². The van der Waals surface area contributed by atoms with Gasteiger partial charge in [-0.3, -0.25) is 4.79 Å². The van der Waals surface area contributed by atoms with Crippen molar-refractivity contribution < 1.29 is 4.79 Å². The highest BCUT2D eigenvalue weighted by Crippen LogP contribution is 2.18. The van der Waals surface area contributed by atoms with Gasteiger partial charge in [0.1, 0.15) is 0 Å². The first kappa shape index (κ1) is 12.7.